The molecular weight excluding hydrogens is 360 g/mol. The molecule has 0 unspecified atom stereocenters. The van der Waals surface area contributed by atoms with Crippen LogP contribution < -0.4 is 10.1 Å². The number of fused-ring (bicyclic) bond motifs is 1. The van der Waals surface area contributed by atoms with Gasteiger partial charge in [-0.1, -0.05) is 24.3 Å². The van der Waals surface area contributed by atoms with Gasteiger partial charge < -0.3 is 15.2 Å². The van der Waals surface area contributed by atoms with Crippen molar-refractivity contribution in [3.8, 4) is 22.1 Å². The first kappa shape index (κ1) is 17.1. The standard InChI is InChI=1S/C21H16N2O3S/c1-26-18-8-4-2-6-14(18)20(25)22-13-10-11-17(24)15(12-13)21-23-16-7-3-5-9-19(16)27-21/h2-12,24H,1H3,(H,22,25). The van der Waals surface area contributed by atoms with Crippen molar-refractivity contribution in [1.29, 1.82) is 0 Å². The number of hydrogen-bond donors (Lipinski definition) is 2. The molecule has 4 aromatic rings. The largest absolute Gasteiger partial charge is 0.507 e. The summed E-state index contributed by atoms with van der Waals surface area (Å²) >= 11 is 1.49. The zero-order valence-electron chi connectivity index (χ0n) is 14.5. The van der Waals surface area contributed by atoms with E-state index in [0.29, 0.717) is 27.6 Å². The minimum atomic E-state index is -0.284. The van der Waals surface area contributed by atoms with Gasteiger partial charge in [-0.05, 0) is 42.5 Å². The first-order valence-corrected chi connectivity index (χ1v) is 9.10. The molecule has 0 aliphatic carbocycles. The Hall–Kier alpha value is -3.38. The number of para-hydroxylation sites is 2. The molecule has 0 spiro atoms. The average molecular weight is 376 g/mol. The number of amides is 1. The predicted octanol–water partition coefficient (Wildman–Crippen LogP) is 4.93. The van der Waals surface area contributed by atoms with Gasteiger partial charge in [-0.2, -0.15) is 0 Å². The number of methoxy groups -OCH3 is 1. The van der Waals surface area contributed by atoms with E-state index in [1.54, 1.807) is 42.5 Å². The lowest BCUT2D eigenvalue weighted by Crippen LogP contribution is -2.13. The van der Waals surface area contributed by atoms with E-state index in [1.807, 2.05) is 24.3 Å². The molecule has 4 rings (SSSR count). The number of nitrogens with one attached hydrogen (secondary N) is 1. The zero-order chi connectivity index (χ0) is 18.8. The van der Waals surface area contributed by atoms with E-state index >= 15 is 0 Å². The molecule has 0 aliphatic heterocycles. The predicted molar refractivity (Wildman–Crippen MR) is 108 cm³/mol. The summed E-state index contributed by atoms with van der Waals surface area (Å²) in [6.45, 7) is 0. The van der Waals surface area contributed by atoms with E-state index in [1.165, 1.54) is 18.4 Å². The Bertz CT molecular complexity index is 1100. The van der Waals surface area contributed by atoms with Crippen LogP contribution in [-0.4, -0.2) is 23.1 Å². The molecule has 27 heavy (non-hydrogen) atoms. The molecule has 3 aromatic carbocycles. The number of phenolic OH excluding ortho intramolecular Hbond substituents is 1. The lowest BCUT2D eigenvalue weighted by atomic mass is 10.1. The van der Waals surface area contributed by atoms with Gasteiger partial charge in [0.1, 0.15) is 16.5 Å². The van der Waals surface area contributed by atoms with E-state index in [-0.39, 0.29) is 11.7 Å². The Balaban J connectivity index is 1.67. The van der Waals surface area contributed by atoms with Crippen molar-refractivity contribution >= 4 is 33.1 Å². The van der Waals surface area contributed by atoms with Gasteiger partial charge in [0.15, 0.2) is 0 Å². The third-order valence-corrected chi connectivity index (χ3v) is 5.20. The maximum absolute atomic E-state index is 12.6. The number of aromatic hydroxyl groups is 1. The number of rotatable bonds is 4. The van der Waals surface area contributed by atoms with Crippen LogP contribution in [-0.2, 0) is 0 Å². The van der Waals surface area contributed by atoms with Crippen LogP contribution in [0.3, 0.4) is 0 Å². The maximum Gasteiger partial charge on any atom is 0.259 e. The number of anilines is 1. The van der Waals surface area contributed by atoms with Gasteiger partial charge in [0.2, 0.25) is 0 Å². The first-order chi connectivity index (χ1) is 13.2. The SMILES string of the molecule is COc1ccccc1C(=O)Nc1ccc(O)c(-c2nc3ccccc3s2)c1. The van der Waals surface area contributed by atoms with E-state index in [2.05, 4.69) is 10.3 Å². The minimum absolute atomic E-state index is 0.115. The van der Waals surface area contributed by atoms with E-state index in [0.717, 1.165) is 10.2 Å². The van der Waals surface area contributed by atoms with Crippen molar-refractivity contribution < 1.29 is 14.6 Å². The van der Waals surface area contributed by atoms with Crippen LogP contribution in [0.15, 0.2) is 66.7 Å². The lowest BCUT2D eigenvalue weighted by molar-refractivity contribution is 0.102. The second kappa shape index (κ2) is 7.09. The van der Waals surface area contributed by atoms with Crippen molar-refractivity contribution in [3.63, 3.8) is 0 Å². The summed E-state index contributed by atoms with van der Waals surface area (Å²) in [5.41, 5.74) is 2.46. The molecule has 2 N–H and O–H groups in total. The number of hydrogen-bond acceptors (Lipinski definition) is 5. The van der Waals surface area contributed by atoms with Gasteiger partial charge in [0.05, 0.1) is 28.5 Å². The highest BCUT2D eigenvalue weighted by atomic mass is 32.1. The van der Waals surface area contributed by atoms with Crippen molar-refractivity contribution in [2.24, 2.45) is 0 Å². The number of carbonyl (C=O) groups is 1. The molecule has 5 nitrogen and oxygen atoms in total. The molecule has 0 radical (unpaired) electrons. The number of nitrogens with zero attached hydrogens (tertiary/aromatic N) is 1. The number of benzene rings is 3. The Labute approximate surface area is 159 Å². The number of thiazole rings is 1. The fraction of sp³-hybridized carbons (Fsp3) is 0.0476. The minimum Gasteiger partial charge on any atom is -0.507 e. The van der Waals surface area contributed by atoms with E-state index in [9.17, 15) is 9.90 Å². The van der Waals surface area contributed by atoms with Crippen LogP contribution in [0.2, 0.25) is 0 Å². The third kappa shape index (κ3) is 3.35. The fourth-order valence-corrected chi connectivity index (χ4v) is 3.79. The van der Waals surface area contributed by atoms with Gasteiger partial charge in [-0.3, -0.25) is 4.79 Å². The number of carbonyl (C=O) groups excluding carboxylic acids is 1. The Morgan fingerprint density at radius 2 is 1.85 bits per heavy atom. The molecule has 0 bridgehead atoms. The number of aromatic nitrogens is 1. The highest BCUT2D eigenvalue weighted by Gasteiger charge is 2.15. The summed E-state index contributed by atoms with van der Waals surface area (Å²) < 4.78 is 6.28. The molecule has 1 amide bonds. The Morgan fingerprint density at radius 3 is 2.67 bits per heavy atom. The van der Waals surface area contributed by atoms with E-state index in [4.69, 9.17) is 4.74 Å². The second-order valence-electron chi connectivity index (χ2n) is 5.87. The van der Waals surface area contributed by atoms with Gasteiger partial charge in [-0.25, -0.2) is 4.98 Å². The molecule has 0 saturated heterocycles. The van der Waals surface area contributed by atoms with Crippen LogP contribution in [0.1, 0.15) is 10.4 Å². The number of phenols is 1. The summed E-state index contributed by atoms with van der Waals surface area (Å²) in [6.07, 6.45) is 0. The summed E-state index contributed by atoms with van der Waals surface area (Å²) in [5, 5.41) is 13.8. The quantitative estimate of drug-likeness (QED) is 0.496. The van der Waals surface area contributed by atoms with Crippen LogP contribution >= 0.6 is 11.3 Å². The molecule has 0 atom stereocenters. The summed E-state index contributed by atoms with van der Waals surface area (Å²) in [7, 11) is 1.53. The second-order valence-corrected chi connectivity index (χ2v) is 6.90. The maximum atomic E-state index is 12.6. The van der Waals surface area contributed by atoms with Crippen molar-refractivity contribution in [1.82, 2.24) is 4.98 Å². The van der Waals surface area contributed by atoms with Crippen LogP contribution in [0.5, 0.6) is 11.5 Å². The number of ether oxygens (including phenoxy) is 1. The topological polar surface area (TPSA) is 71.5 Å². The van der Waals surface area contributed by atoms with Gasteiger partial charge in [-0.15, -0.1) is 11.3 Å². The van der Waals surface area contributed by atoms with Crippen LogP contribution in [0.25, 0.3) is 20.8 Å². The highest BCUT2D eigenvalue weighted by Crippen LogP contribution is 2.36. The first-order valence-electron chi connectivity index (χ1n) is 8.29. The molecular formula is C21H16N2O3S. The fourth-order valence-electron chi connectivity index (χ4n) is 2.80. The molecule has 1 aromatic heterocycles. The molecule has 0 saturated carbocycles. The van der Waals surface area contributed by atoms with Gasteiger partial charge in [0.25, 0.3) is 5.91 Å². The molecule has 134 valence electrons. The molecule has 0 fully saturated rings. The third-order valence-electron chi connectivity index (χ3n) is 4.13. The smallest absolute Gasteiger partial charge is 0.259 e. The van der Waals surface area contributed by atoms with Crippen LogP contribution in [0.4, 0.5) is 5.69 Å². The normalized spacial score (nSPS) is 10.7. The Kier molecular flexibility index (Phi) is 4.48. The summed E-state index contributed by atoms with van der Waals surface area (Å²) in [6, 6.07) is 19.7. The highest BCUT2D eigenvalue weighted by molar-refractivity contribution is 7.21. The van der Waals surface area contributed by atoms with Crippen molar-refractivity contribution in [3.05, 3.63) is 72.3 Å². The monoisotopic (exact) mass is 376 g/mol. The average Bonchev–Trinajstić information content (AvgIpc) is 3.13. The van der Waals surface area contributed by atoms with Gasteiger partial charge >= 0.3 is 0 Å². The Morgan fingerprint density at radius 1 is 1.07 bits per heavy atom. The lowest BCUT2D eigenvalue weighted by Gasteiger charge is -2.10. The van der Waals surface area contributed by atoms with Crippen LogP contribution in [0, 0.1) is 0 Å². The zero-order valence-corrected chi connectivity index (χ0v) is 15.3. The molecule has 0 aliphatic rings. The summed E-state index contributed by atoms with van der Waals surface area (Å²) in [4.78, 5) is 17.2. The molecule has 6 heteroatoms. The van der Waals surface area contributed by atoms with Gasteiger partial charge in [0, 0.05) is 5.69 Å². The van der Waals surface area contributed by atoms with Crippen molar-refractivity contribution in [2.75, 3.05) is 12.4 Å². The van der Waals surface area contributed by atoms with E-state index < -0.39 is 0 Å². The summed E-state index contributed by atoms with van der Waals surface area (Å²) in [5.74, 6) is 0.331. The van der Waals surface area contributed by atoms with Crippen molar-refractivity contribution in [2.45, 2.75) is 0 Å². The molecule has 1 heterocycles.